The van der Waals surface area contributed by atoms with Crippen LogP contribution in [0.25, 0.3) is 0 Å². The number of carbonyl (C=O) groups excluding carboxylic acids is 1. The van der Waals surface area contributed by atoms with Gasteiger partial charge in [-0.1, -0.05) is 0 Å². The van der Waals surface area contributed by atoms with E-state index in [0.717, 1.165) is 50.7 Å². The maximum atomic E-state index is 12.7. The average Bonchev–Trinajstić information content (AvgIpc) is 3.33. The number of aromatic nitrogens is 4. The molecule has 7 nitrogen and oxygen atoms in total. The third kappa shape index (κ3) is 3.49. The second-order valence-electron chi connectivity index (χ2n) is 7.35. The number of hydrogen-bond acceptors (Lipinski definition) is 5. The Labute approximate surface area is 154 Å². The summed E-state index contributed by atoms with van der Waals surface area (Å²) >= 11 is 0. The molecule has 2 aromatic rings. The molecule has 2 saturated heterocycles. The number of nitrogens with zero attached hydrogens (tertiary/aromatic N) is 6. The molecule has 2 aliphatic heterocycles. The molecule has 0 N–H and O–H groups in total. The van der Waals surface area contributed by atoms with Crippen molar-refractivity contribution >= 4 is 5.91 Å². The molecule has 138 valence electrons. The highest BCUT2D eigenvalue weighted by atomic mass is 16.2. The van der Waals surface area contributed by atoms with Gasteiger partial charge in [-0.2, -0.15) is 0 Å². The van der Waals surface area contributed by atoms with Gasteiger partial charge >= 0.3 is 0 Å². The SMILES string of the molecule is Cn1c(CN2CCCC2)nnc1C1CCCN(C(=O)c2cccnc2)C1. The van der Waals surface area contributed by atoms with E-state index in [2.05, 4.69) is 31.7 Å². The monoisotopic (exact) mass is 354 g/mol. The summed E-state index contributed by atoms with van der Waals surface area (Å²) in [5.74, 6) is 2.33. The molecule has 1 atom stereocenters. The summed E-state index contributed by atoms with van der Waals surface area (Å²) < 4.78 is 2.14. The lowest BCUT2D eigenvalue weighted by Gasteiger charge is -2.32. The number of amides is 1. The first kappa shape index (κ1) is 17.1. The molecule has 0 radical (unpaired) electrons. The topological polar surface area (TPSA) is 67.2 Å². The first-order valence-corrected chi connectivity index (χ1v) is 9.52. The van der Waals surface area contributed by atoms with Crippen LogP contribution in [-0.2, 0) is 13.6 Å². The van der Waals surface area contributed by atoms with Gasteiger partial charge in [0.15, 0.2) is 0 Å². The van der Waals surface area contributed by atoms with Crippen molar-refractivity contribution in [1.82, 2.24) is 29.5 Å². The van der Waals surface area contributed by atoms with Gasteiger partial charge in [-0.3, -0.25) is 14.7 Å². The van der Waals surface area contributed by atoms with Crippen molar-refractivity contribution in [3.05, 3.63) is 41.7 Å². The van der Waals surface area contributed by atoms with Gasteiger partial charge < -0.3 is 9.47 Å². The summed E-state index contributed by atoms with van der Waals surface area (Å²) in [4.78, 5) is 21.2. The van der Waals surface area contributed by atoms with Crippen LogP contribution in [0, 0.1) is 0 Å². The number of likely N-dealkylation sites (tertiary alicyclic amines) is 2. The van der Waals surface area contributed by atoms with Gasteiger partial charge in [-0.05, 0) is 50.9 Å². The zero-order chi connectivity index (χ0) is 17.9. The fraction of sp³-hybridized carbons (Fsp3) is 0.579. The minimum Gasteiger partial charge on any atom is -0.338 e. The van der Waals surface area contributed by atoms with E-state index in [1.165, 1.54) is 12.8 Å². The van der Waals surface area contributed by atoms with E-state index in [1.54, 1.807) is 12.4 Å². The van der Waals surface area contributed by atoms with Gasteiger partial charge in [0.25, 0.3) is 5.91 Å². The first-order valence-electron chi connectivity index (χ1n) is 9.52. The third-order valence-electron chi connectivity index (χ3n) is 5.54. The number of pyridine rings is 1. The van der Waals surface area contributed by atoms with Crippen molar-refractivity contribution in [1.29, 1.82) is 0 Å². The van der Waals surface area contributed by atoms with Crippen molar-refractivity contribution in [2.24, 2.45) is 7.05 Å². The fourth-order valence-corrected chi connectivity index (χ4v) is 4.05. The summed E-state index contributed by atoms with van der Waals surface area (Å²) in [6.07, 6.45) is 7.93. The summed E-state index contributed by atoms with van der Waals surface area (Å²) in [7, 11) is 2.06. The smallest absolute Gasteiger partial charge is 0.255 e. The molecule has 26 heavy (non-hydrogen) atoms. The number of piperidine rings is 1. The first-order chi connectivity index (χ1) is 12.7. The Kier molecular flexibility index (Phi) is 4.97. The second-order valence-corrected chi connectivity index (χ2v) is 7.35. The quantitative estimate of drug-likeness (QED) is 0.838. The molecular formula is C19H26N6O. The summed E-state index contributed by atoms with van der Waals surface area (Å²) in [5.41, 5.74) is 0.654. The summed E-state index contributed by atoms with van der Waals surface area (Å²) in [6.45, 7) is 4.67. The number of hydrogen-bond donors (Lipinski definition) is 0. The van der Waals surface area contributed by atoms with Crippen LogP contribution in [0.1, 0.15) is 53.6 Å². The maximum absolute atomic E-state index is 12.7. The zero-order valence-corrected chi connectivity index (χ0v) is 15.3. The van der Waals surface area contributed by atoms with Crippen LogP contribution in [0.5, 0.6) is 0 Å². The molecule has 2 aliphatic rings. The van der Waals surface area contributed by atoms with Crippen LogP contribution in [0.3, 0.4) is 0 Å². The van der Waals surface area contributed by atoms with Gasteiger partial charge in [-0.15, -0.1) is 10.2 Å². The van der Waals surface area contributed by atoms with Crippen molar-refractivity contribution in [3.8, 4) is 0 Å². The van der Waals surface area contributed by atoms with E-state index in [9.17, 15) is 4.79 Å². The van der Waals surface area contributed by atoms with Gasteiger partial charge in [0, 0.05) is 38.4 Å². The highest BCUT2D eigenvalue weighted by molar-refractivity contribution is 5.93. The van der Waals surface area contributed by atoms with Crippen LogP contribution in [0.2, 0.25) is 0 Å². The van der Waals surface area contributed by atoms with Crippen LogP contribution in [0.4, 0.5) is 0 Å². The molecule has 0 aliphatic carbocycles. The lowest BCUT2D eigenvalue weighted by Crippen LogP contribution is -2.39. The zero-order valence-electron chi connectivity index (χ0n) is 15.3. The van der Waals surface area contributed by atoms with E-state index in [-0.39, 0.29) is 11.8 Å². The van der Waals surface area contributed by atoms with Crippen LogP contribution in [0.15, 0.2) is 24.5 Å². The largest absolute Gasteiger partial charge is 0.338 e. The van der Waals surface area contributed by atoms with Crippen molar-refractivity contribution in [2.75, 3.05) is 26.2 Å². The van der Waals surface area contributed by atoms with Crippen molar-refractivity contribution in [2.45, 2.75) is 38.1 Å². The molecule has 0 bridgehead atoms. The van der Waals surface area contributed by atoms with E-state index < -0.39 is 0 Å². The molecule has 4 rings (SSSR count). The molecule has 2 aromatic heterocycles. The Bertz CT molecular complexity index is 753. The standard InChI is InChI=1S/C19H26N6O/c1-23-17(14-24-9-2-3-10-24)21-22-18(23)16-7-5-11-25(13-16)19(26)15-6-4-8-20-12-15/h4,6,8,12,16H,2-3,5,7,9-11,13-14H2,1H3. The molecular weight excluding hydrogens is 328 g/mol. The second kappa shape index (κ2) is 7.53. The third-order valence-corrected chi connectivity index (χ3v) is 5.54. The Balaban J connectivity index is 1.46. The molecule has 7 heteroatoms. The number of carbonyl (C=O) groups is 1. The fourth-order valence-electron chi connectivity index (χ4n) is 4.05. The average molecular weight is 354 g/mol. The Morgan fingerprint density at radius 3 is 2.81 bits per heavy atom. The highest BCUT2D eigenvalue weighted by Crippen LogP contribution is 2.27. The predicted molar refractivity (Wildman–Crippen MR) is 97.6 cm³/mol. The Hall–Kier alpha value is -2.28. The lowest BCUT2D eigenvalue weighted by atomic mass is 9.96. The van der Waals surface area contributed by atoms with E-state index >= 15 is 0 Å². The van der Waals surface area contributed by atoms with Crippen molar-refractivity contribution in [3.63, 3.8) is 0 Å². The molecule has 2 fully saturated rings. The van der Waals surface area contributed by atoms with Gasteiger partial charge in [0.05, 0.1) is 12.1 Å². The summed E-state index contributed by atoms with van der Waals surface area (Å²) in [5, 5.41) is 8.92. The molecule has 4 heterocycles. The highest BCUT2D eigenvalue weighted by Gasteiger charge is 2.29. The minimum absolute atomic E-state index is 0.0576. The van der Waals surface area contributed by atoms with Gasteiger partial charge in [0.2, 0.25) is 0 Å². The van der Waals surface area contributed by atoms with Gasteiger partial charge in [-0.25, -0.2) is 0 Å². The molecule has 0 saturated carbocycles. The lowest BCUT2D eigenvalue weighted by molar-refractivity contribution is 0.0703. The van der Waals surface area contributed by atoms with E-state index in [0.29, 0.717) is 12.1 Å². The molecule has 0 aromatic carbocycles. The predicted octanol–water partition coefficient (Wildman–Crippen LogP) is 1.83. The number of rotatable bonds is 4. The molecule has 1 amide bonds. The van der Waals surface area contributed by atoms with Gasteiger partial charge in [0.1, 0.15) is 11.6 Å². The van der Waals surface area contributed by atoms with Crippen LogP contribution < -0.4 is 0 Å². The Morgan fingerprint density at radius 2 is 2.04 bits per heavy atom. The normalized spacial score (nSPS) is 21.3. The van der Waals surface area contributed by atoms with E-state index in [4.69, 9.17) is 0 Å². The maximum Gasteiger partial charge on any atom is 0.255 e. The summed E-state index contributed by atoms with van der Waals surface area (Å²) in [6, 6.07) is 3.64. The molecule has 1 unspecified atom stereocenters. The van der Waals surface area contributed by atoms with Crippen LogP contribution >= 0.6 is 0 Å². The van der Waals surface area contributed by atoms with E-state index in [1.807, 2.05) is 17.0 Å². The van der Waals surface area contributed by atoms with Crippen LogP contribution in [-0.4, -0.2) is 61.6 Å². The Morgan fingerprint density at radius 1 is 1.19 bits per heavy atom. The minimum atomic E-state index is 0.0576. The molecule has 0 spiro atoms. The van der Waals surface area contributed by atoms with Crippen molar-refractivity contribution < 1.29 is 4.79 Å².